The number of hydrogen-bond donors (Lipinski definition) is 2. The normalized spacial score (nSPS) is 9.86. The number of hydrogen-bond acceptors (Lipinski definition) is 3. The molecule has 0 saturated carbocycles. The maximum atomic E-state index is 11.2. The van der Waals surface area contributed by atoms with Crippen LogP contribution in [0, 0.1) is 0 Å². The molecule has 14 heavy (non-hydrogen) atoms. The van der Waals surface area contributed by atoms with Gasteiger partial charge in [0.1, 0.15) is 11.0 Å². The standard InChI is InChI=1S/C9H12ClN3O/c1-2-11-6-9(14)13-8-5-3-4-7(10)12-8/h3-5,11H,2,6H2,1H3,(H,12,13,14). The maximum absolute atomic E-state index is 11.2. The number of nitrogens with zero attached hydrogens (tertiary/aromatic N) is 1. The average Bonchev–Trinajstić information content (AvgIpc) is 2.15. The molecule has 4 nitrogen and oxygen atoms in total. The molecule has 0 aliphatic carbocycles. The van der Waals surface area contributed by atoms with Crippen LogP contribution in [0.5, 0.6) is 0 Å². The molecule has 0 spiro atoms. The number of nitrogens with one attached hydrogen (secondary N) is 2. The highest BCUT2D eigenvalue weighted by Crippen LogP contribution is 2.08. The molecule has 0 bridgehead atoms. The number of aromatic nitrogens is 1. The topological polar surface area (TPSA) is 54.0 Å². The van der Waals surface area contributed by atoms with E-state index in [-0.39, 0.29) is 12.5 Å². The minimum Gasteiger partial charge on any atom is -0.310 e. The highest BCUT2D eigenvalue weighted by Gasteiger charge is 2.01. The number of pyridine rings is 1. The highest BCUT2D eigenvalue weighted by molar-refractivity contribution is 6.29. The minimum absolute atomic E-state index is 0.124. The third-order valence-electron chi connectivity index (χ3n) is 1.52. The summed E-state index contributed by atoms with van der Waals surface area (Å²) in [5.74, 6) is 0.349. The lowest BCUT2D eigenvalue weighted by molar-refractivity contribution is -0.115. The second-order valence-electron chi connectivity index (χ2n) is 2.67. The smallest absolute Gasteiger partial charge is 0.239 e. The molecule has 1 aromatic heterocycles. The van der Waals surface area contributed by atoms with Gasteiger partial charge in [-0.05, 0) is 18.7 Å². The van der Waals surface area contributed by atoms with E-state index in [1.165, 1.54) is 0 Å². The van der Waals surface area contributed by atoms with Crippen LogP contribution in [-0.4, -0.2) is 24.0 Å². The van der Waals surface area contributed by atoms with Crippen LogP contribution < -0.4 is 10.6 Å². The molecule has 1 rings (SSSR count). The fourth-order valence-corrected chi connectivity index (χ4v) is 1.07. The van der Waals surface area contributed by atoms with Gasteiger partial charge in [0.25, 0.3) is 0 Å². The number of carbonyl (C=O) groups is 1. The molecule has 0 fully saturated rings. The van der Waals surface area contributed by atoms with Crippen LogP contribution in [0.4, 0.5) is 5.82 Å². The van der Waals surface area contributed by atoms with E-state index >= 15 is 0 Å². The summed E-state index contributed by atoms with van der Waals surface area (Å²) in [4.78, 5) is 15.2. The Morgan fingerprint density at radius 1 is 1.57 bits per heavy atom. The molecule has 0 aliphatic heterocycles. The van der Waals surface area contributed by atoms with Gasteiger partial charge in [0.15, 0.2) is 0 Å². The largest absolute Gasteiger partial charge is 0.310 e. The third-order valence-corrected chi connectivity index (χ3v) is 1.73. The zero-order chi connectivity index (χ0) is 10.4. The van der Waals surface area contributed by atoms with Crippen LogP contribution in [-0.2, 0) is 4.79 Å². The SMILES string of the molecule is CCNCC(=O)Nc1cccc(Cl)n1. The second kappa shape index (κ2) is 5.57. The van der Waals surface area contributed by atoms with Crippen molar-refractivity contribution in [3.63, 3.8) is 0 Å². The van der Waals surface area contributed by atoms with Crippen molar-refractivity contribution in [3.8, 4) is 0 Å². The summed E-state index contributed by atoms with van der Waals surface area (Å²) in [5, 5.41) is 5.90. The number of likely N-dealkylation sites (N-methyl/N-ethyl adjacent to an activating group) is 1. The van der Waals surface area contributed by atoms with Gasteiger partial charge in [-0.1, -0.05) is 24.6 Å². The molecule has 1 heterocycles. The Morgan fingerprint density at radius 3 is 3.00 bits per heavy atom. The highest BCUT2D eigenvalue weighted by atomic mass is 35.5. The van der Waals surface area contributed by atoms with Crippen molar-refractivity contribution in [2.75, 3.05) is 18.4 Å². The Hall–Kier alpha value is -1.13. The van der Waals surface area contributed by atoms with Crippen LogP contribution in [0.15, 0.2) is 18.2 Å². The van der Waals surface area contributed by atoms with Gasteiger partial charge in [0, 0.05) is 0 Å². The number of carbonyl (C=O) groups excluding carboxylic acids is 1. The fourth-order valence-electron chi connectivity index (χ4n) is 0.903. The Bertz CT molecular complexity index is 317. The van der Waals surface area contributed by atoms with Crippen molar-refractivity contribution >= 4 is 23.3 Å². The van der Waals surface area contributed by atoms with Gasteiger partial charge in [0.05, 0.1) is 6.54 Å². The first kappa shape index (κ1) is 10.9. The molecule has 0 radical (unpaired) electrons. The number of anilines is 1. The van der Waals surface area contributed by atoms with Crippen LogP contribution in [0.25, 0.3) is 0 Å². The second-order valence-corrected chi connectivity index (χ2v) is 3.06. The van der Waals surface area contributed by atoms with Crippen molar-refractivity contribution in [1.29, 1.82) is 0 Å². The molecular weight excluding hydrogens is 202 g/mol. The van der Waals surface area contributed by atoms with Gasteiger partial charge in [-0.25, -0.2) is 4.98 Å². The molecule has 0 saturated heterocycles. The van der Waals surface area contributed by atoms with Crippen LogP contribution in [0.1, 0.15) is 6.92 Å². The predicted octanol–water partition coefficient (Wildman–Crippen LogP) is 1.28. The molecule has 5 heteroatoms. The Balaban J connectivity index is 2.47. The summed E-state index contributed by atoms with van der Waals surface area (Å²) in [7, 11) is 0. The third kappa shape index (κ3) is 3.72. The van der Waals surface area contributed by atoms with Crippen molar-refractivity contribution < 1.29 is 4.79 Å². The molecule has 0 aliphatic rings. The fraction of sp³-hybridized carbons (Fsp3) is 0.333. The zero-order valence-corrected chi connectivity index (χ0v) is 8.64. The molecule has 0 atom stereocenters. The van der Waals surface area contributed by atoms with E-state index in [4.69, 9.17) is 11.6 Å². The summed E-state index contributed by atoms with van der Waals surface area (Å²) in [5.41, 5.74) is 0. The van der Waals surface area contributed by atoms with Gasteiger partial charge in [-0.2, -0.15) is 0 Å². The molecule has 2 N–H and O–H groups in total. The van der Waals surface area contributed by atoms with Crippen molar-refractivity contribution in [3.05, 3.63) is 23.4 Å². The van der Waals surface area contributed by atoms with E-state index in [1.807, 2.05) is 6.92 Å². The lowest BCUT2D eigenvalue weighted by Gasteiger charge is -2.04. The lowest BCUT2D eigenvalue weighted by Crippen LogP contribution is -2.28. The molecule has 0 unspecified atom stereocenters. The summed E-state index contributed by atoms with van der Waals surface area (Å²) >= 11 is 5.65. The summed E-state index contributed by atoms with van der Waals surface area (Å²) in [6.45, 7) is 2.98. The van der Waals surface area contributed by atoms with Gasteiger partial charge >= 0.3 is 0 Å². The summed E-state index contributed by atoms with van der Waals surface area (Å²) in [6.07, 6.45) is 0. The predicted molar refractivity (Wildman–Crippen MR) is 56.4 cm³/mol. The summed E-state index contributed by atoms with van der Waals surface area (Å²) in [6, 6.07) is 5.08. The average molecular weight is 214 g/mol. The summed E-state index contributed by atoms with van der Waals surface area (Å²) < 4.78 is 0. The van der Waals surface area contributed by atoms with Gasteiger partial charge in [0.2, 0.25) is 5.91 Å². The van der Waals surface area contributed by atoms with Crippen molar-refractivity contribution in [2.24, 2.45) is 0 Å². The number of halogens is 1. The van der Waals surface area contributed by atoms with Gasteiger partial charge < -0.3 is 10.6 Å². The van der Waals surface area contributed by atoms with E-state index in [9.17, 15) is 4.79 Å². The molecule has 1 aromatic rings. The number of rotatable bonds is 4. The minimum atomic E-state index is -0.124. The maximum Gasteiger partial charge on any atom is 0.239 e. The monoisotopic (exact) mass is 213 g/mol. The van der Waals surface area contributed by atoms with E-state index in [2.05, 4.69) is 15.6 Å². The molecular formula is C9H12ClN3O. The molecule has 76 valence electrons. The van der Waals surface area contributed by atoms with E-state index in [0.29, 0.717) is 11.0 Å². The lowest BCUT2D eigenvalue weighted by atomic mass is 10.4. The van der Waals surface area contributed by atoms with Crippen LogP contribution in [0.3, 0.4) is 0 Å². The quantitative estimate of drug-likeness (QED) is 0.741. The Kier molecular flexibility index (Phi) is 4.35. The van der Waals surface area contributed by atoms with Gasteiger partial charge in [-0.15, -0.1) is 0 Å². The van der Waals surface area contributed by atoms with Crippen molar-refractivity contribution in [2.45, 2.75) is 6.92 Å². The Labute approximate surface area is 87.7 Å². The van der Waals surface area contributed by atoms with E-state index < -0.39 is 0 Å². The zero-order valence-electron chi connectivity index (χ0n) is 7.88. The first-order valence-corrected chi connectivity index (χ1v) is 4.73. The first-order chi connectivity index (χ1) is 6.72. The van der Waals surface area contributed by atoms with E-state index in [1.54, 1.807) is 18.2 Å². The van der Waals surface area contributed by atoms with Gasteiger partial charge in [-0.3, -0.25) is 4.79 Å². The van der Waals surface area contributed by atoms with Crippen LogP contribution >= 0.6 is 11.6 Å². The van der Waals surface area contributed by atoms with Crippen LogP contribution in [0.2, 0.25) is 5.15 Å². The van der Waals surface area contributed by atoms with E-state index in [0.717, 1.165) is 6.54 Å². The molecule has 1 amide bonds. The first-order valence-electron chi connectivity index (χ1n) is 4.35. The number of amides is 1. The molecule has 0 aromatic carbocycles. The van der Waals surface area contributed by atoms with Crippen molar-refractivity contribution in [1.82, 2.24) is 10.3 Å². The Morgan fingerprint density at radius 2 is 2.36 bits per heavy atom.